The molecule has 0 saturated carbocycles. The molecule has 0 heterocycles. The number of nitrogens with one attached hydrogen (secondary N) is 2. The Balaban J connectivity index is 3.66. The summed E-state index contributed by atoms with van der Waals surface area (Å²) in [4.78, 5) is 43.8. The number of thioether (sulfide) groups is 1. The van der Waals surface area contributed by atoms with Crippen LogP contribution in [0.15, 0.2) is 0 Å². The van der Waals surface area contributed by atoms with Crippen molar-refractivity contribution in [3.8, 4) is 0 Å². The molecule has 6 nitrogen and oxygen atoms in total. The van der Waals surface area contributed by atoms with Gasteiger partial charge in [-0.3, -0.25) is 19.2 Å². The van der Waals surface area contributed by atoms with Gasteiger partial charge in [-0.25, -0.2) is 0 Å². The van der Waals surface area contributed by atoms with Crippen LogP contribution in [0.5, 0.6) is 0 Å². The van der Waals surface area contributed by atoms with Crippen LogP contribution >= 0.6 is 11.8 Å². The van der Waals surface area contributed by atoms with Crippen LogP contribution < -0.4 is 10.6 Å². The lowest BCUT2D eigenvalue weighted by Gasteiger charge is -2.03. The van der Waals surface area contributed by atoms with Gasteiger partial charge in [-0.15, -0.1) is 0 Å². The van der Waals surface area contributed by atoms with Gasteiger partial charge in [0, 0.05) is 26.8 Å². The molecule has 0 rings (SSSR count). The molecule has 0 aliphatic rings. The minimum absolute atomic E-state index is 0.0120. The molecule has 0 bridgehead atoms. The molecule has 17 heavy (non-hydrogen) atoms. The molecule has 0 fully saturated rings. The number of hydrogen-bond acceptors (Lipinski definition) is 5. The summed E-state index contributed by atoms with van der Waals surface area (Å²) in [7, 11) is 1.49. The number of carbonyl (C=O) groups is 4. The van der Waals surface area contributed by atoms with Crippen molar-refractivity contribution in [3.05, 3.63) is 0 Å². The molecule has 0 aliphatic carbocycles. The lowest BCUT2D eigenvalue weighted by Crippen LogP contribution is -2.31. The average Bonchev–Trinajstić information content (AvgIpc) is 2.30. The van der Waals surface area contributed by atoms with Crippen LogP contribution in [-0.4, -0.2) is 42.1 Å². The van der Waals surface area contributed by atoms with Crippen molar-refractivity contribution in [1.29, 1.82) is 0 Å². The highest BCUT2D eigenvalue weighted by molar-refractivity contribution is 8.14. The quantitative estimate of drug-likeness (QED) is 0.642. The normalized spacial score (nSPS) is 9.53. The third-order valence-electron chi connectivity index (χ3n) is 1.80. The predicted molar refractivity (Wildman–Crippen MR) is 64.5 cm³/mol. The van der Waals surface area contributed by atoms with E-state index in [0.717, 1.165) is 11.8 Å². The number of ketones is 1. The SMILES string of the molecule is CNC(=O)CCC(=O)CNC(=O)CSC(C)=O. The first-order chi connectivity index (χ1) is 7.95. The molecular formula is C10H16N2O4S. The maximum atomic E-state index is 11.2. The molecular weight excluding hydrogens is 244 g/mol. The van der Waals surface area contributed by atoms with Crippen molar-refractivity contribution in [2.75, 3.05) is 19.3 Å². The van der Waals surface area contributed by atoms with Crippen LogP contribution in [0.4, 0.5) is 0 Å². The van der Waals surface area contributed by atoms with E-state index in [1.54, 1.807) is 0 Å². The maximum absolute atomic E-state index is 11.2. The fourth-order valence-corrected chi connectivity index (χ4v) is 1.32. The van der Waals surface area contributed by atoms with E-state index in [9.17, 15) is 19.2 Å². The van der Waals surface area contributed by atoms with Gasteiger partial charge in [0.2, 0.25) is 11.8 Å². The minimum Gasteiger partial charge on any atom is -0.359 e. The van der Waals surface area contributed by atoms with E-state index < -0.39 is 0 Å². The minimum atomic E-state index is -0.363. The van der Waals surface area contributed by atoms with Crippen LogP contribution in [0.1, 0.15) is 19.8 Å². The molecule has 0 aromatic rings. The predicted octanol–water partition coefficient (Wildman–Crippen LogP) is -0.522. The van der Waals surface area contributed by atoms with Crippen LogP contribution in [-0.2, 0) is 19.2 Å². The summed E-state index contributed by atoms with van der Waals surface area (Å²) >= 11 is 0.887. The van der Waals surface area contributed by atoms with Gasteiger partial charge in [0.15, 0.2) is 10.9 Å². The largest absolute Gasteiger partial charge is 0.359 e. The number of carbonyl (C=O) groups excluding carboxylic acids is 4. The average molecular weight is 260 g/mol. The van der Waals surface area contributed by atoms with Gasteiger partial charge in [-0.05, 0) is 0 Å². The standard InChI is InChI=1S/C10H16N2O4S/c1-7(13)17-6-10(16)12-5-8(14)3-4-9(15)11-2/h3-6H2,1-2H3,(H,11,15)(H,12,16). The smallest absolute Gasteiger partial charge is 0.230 e. The summed E-state index contributed by atoms with van der Waals surface area (Å²) in [6, 6.07) is 0. The second kappa shape index (κ2) is 8.74. The third kappa shape index (κ3) is 9.55. The molecule has 0 aromatic carbocycles. The molecule has 0 spiro atoms. The summed E-state index contributed by atoms with van der Waals surface area (Å²) in [6.07, 6.45) is 0.215. The van der Waals surface area contributed by atoms with Crippen LogP contribution in [0, 0.1) is 0 Å². The van der Waals surface area contributed by atoms with Crippen LogP contribution in [0.2, 0.25) is 0 Å². The van der Waals surface area contributed by atoms with Crippen LogP contribution in [0.25, 0.3) is 0 Å². The summed E-state index contributed by atoms with van der Waals surface area (Å²) < 4.78 is 0. The lowest BCUT2D eigenvalue weighted by molar-refractivity contribution is -0.126. The van der Waals surface area contributed by atoms with E-state index >= 15 is 0 Å². The van der Waals surface area contributed by atoms with E-state index in [4.69, 9.17) is 0 Å². The monoisotopic (exact) mass is 260 g/mol. The molecule has 0 atom stereocenters. The van der Waals surface area contributed by atoms with E-state index in [2.05, 4.69) is 10.6 Å². The zero-order chi connectivity index (χ0) is 13.3. The van der Waals surface area contributed by atoms with E-state index in [-0.39, 0.29) is 47.9 Å². The zero-order valence-corrected chi connectivity index (χ0v) is 10.7. The van der Waals surface area contributed by atoms with Crippen molar-refractivity contribution in [2.24, 2.45) is 0 Å². The fraction of sp³-hybridized carbons (Fsp3) is 0.600. The van der Waals surface area contributed by atoms with Crippen molar-refractivity contribution < 1.29 is 19.2 Å². The number of Topliss-reactive ketones (excluding diaryl/α,β-unsaturated/α-hetero) is 1. The van der Waals surface area contributed by atoms with Gasteiger partial charge < -0.3 is 10.6 Å². The second-order valence-corrected chi connectivity index (χ2v) is 4.42. The molecule has 0 radical (unpaired) electrons. The summed E-state index contributed by atoms with van der Waals surface area (Å²) in [5, 5.41) is 4.64. The van der Waals surface area contributed by atoms with Gasteiger partial charge in [0.25, 0.3) is 0 Å². The molecule has 0 saturated heterocycles. The van der Waals surface area contributed by atoms with Crippen molar-refractivity contribution in [3.63, 3.8) is 0 Å². The Hall–Kier alpha value is -1.37. The van der Waals surface area contributed by atoms with E-state index in [1.165, 1.54) is 14.0 Å². The third-order valence-corrected chi connectivity index (χ3v) is 2.61. The zero-order valence-electron chi connectivity index (χ0n) is 9.87. The Kier molecular flexibility index (Phi) is 8.04. The highest BCUT2D eigenvalue weighted by Gasteiger charge is 2.08. The molecule has 0 aliphatic heterocycles. The molecule has 7 heteroatoms. The summed E-state index contributed by atoms with van der Waals surface area (Å²) in [5.74, 6) is -0.775. The van der Waals surface area contributed by atoms with Gasteiger partial charge in [-0.2, -0.15) is 0 Å². The van der Waals surface area contributed by atoms with E-state index in [1.807, 2.05) is 0 Å². The van der Waals surface area contributed by atoms with Crippen molar-refractivity contribution in [2.45, 2.75) is 19.8 Å². The number of hydrogen-bond donors (Lipinski definition) is 2. The van der Waals surface area contributed by atoms with Gasteiger partial charge in [0.05, 0.1) is 12.3 Å². The Morgan fingerprint density at radius 2 is 1.71 bits per heavy atom. The molecule has 96 valence electrons. The van der Waals surface area contributed by atoms with Gasteiger partial charge in [0.1, 0.15) is 0 Å². The Morgan fingerprint density at radius 1 is 1.06 bits per heavy atom. The van der Waals surface area contributed by atoms with E-state index in [0.29, 0.717) is 0 Å². The highest BCUT2D eigenvalue weighted by Crippen LogP contribution is 1.99. The van der Waals surface area contributed by atoms with Crippen molar-refractivity contribution >= 4 is 34.5 Å². The maximum Gasteiger partial charge on any atom is 0.230 e. The second-order valence-electron chi connectivity index (χ2n) is 3.27. The highest BCUT2D eigenvalue weighted by atomic mass is 32.2. The summed E-state index contributed by atoms with van der Waals surface area (Å²) in [6.45, 7) is 1.26. The van der Waals surface area contributed by atoms with Crippen LogP contribution in [0.3, 0.4) is 0 Å². The first kappa shape index (κ1) is 15.6. The Labute approximate surface area is 104 Å². The van der Waals surface area contributed by atoms with Gasteiger partial charge >= 0.3 is 0 Å². The van der Waals surface area contributed by atoms with Gasteiger partial charge in [-0.1, -0.05) is 11.8 Å². The lowest BCUT2D eigenvalue weighted by atomic mass is 10.2. The molecule has 2 N–H and O–H groups in total. The molecule has 2 amide bonds. The first-order valence-corrected chi connectivity index (χ1v) is 6.06. The fourth-order valence-electron chi connectivity index (χ4n) is 0.882. The first-order valence-electron chi connectivity index (χ1n) is 5.08. The van der Waals surface area contributed by atoms with Crippen molar-refractivity contribution in [1.82, 2.24) is 10.6 Å². The number of rotatable bonds is 7. The molecule has 0 aromatic heterocycles. The topological polar surface area (TPSA) is 92.3 Å². The number of amides is 2. The Morgan fingerprint density at radius 3 is 2.24 bits per heavy atom. The summed E-state index contributed by atoms with van der Waals surface area (Å²) in [5.41, 5.74) is 0. The molecule has 0 unspecified atom stereocenters. The Bertz CT molecular complexity index is 317.